The Kier molecular flexibility index (Phi) is 3.45. The van der Waals surface area contributed by atoms with Crippen LogP contribution in [0, 0.1) is 0 Å². The Morgan fingerprint density at radius 1 is 1.35 bits per heavy atom. The van der Waals surface area contributed by atoms with E-state index in [1.807, 2.05) is 24.5 Å². The third kappa shape index (κ3) is 2.90. The van der Waals surface area contributed by atoms with E-state index in [1.54, 1.807) is 23.1 Å². The molecule has 1 atom stereocenters. The van der Waals surface area contributed by atoms with E-state index in [0.717, 1.165) is 25.2 Å². The molecule has 1 aliphatic heterocycles. The van der Waals surface area contributed by atoms with Crippen LogP contribution >= 0.6 is 0 Å². The van der Waals surface area contributed by atoms with Crippen LogP contribution in [0.2, 0.25) is 0 Å². The maximum Gasteiger partial charge on any atom is 0.287 e. The van der Waals surface area contributed by atoms with Crippen molar-refractivity contribution in [3.8, 4) is 0 Å². The largest absolute Gasteiger partial charge is 0.454 e. The summed E-state index contributed by atoms with van der Waals surface area (Å²) >= 11 is 0. The molecule has 0 aliphatic carbocycles. The molecule has 3 aromatic heterocycles. The first-order valence-corrected chi connectivity index (χ1v) is 7.65. The van der Waals surface area contributed by atoms with Gasteiger partial charge in [0.2, 0.25) is 0 Å². The summed E-state index contributed by atoms with van der Waals surface area (Å²) < 4.78 is 9.46. The van der Waals surface area contributed by atoms with Gasteiger partial charge in [0.15, 0.2) is 5.76 Å². The van der Waals surface area contributed by atoms with Gasteiger partial charge in [0.25, 0.3) is 5.91 Å². The molecule has 4 rings (SSSR count). The van der Waals surface area contributed by atoms with E-state index in [2.05, 4.69) is 20.0 Å². The summed E-state index contributed by atoms with van der Waals surface area (Å²) in [5, 5.41) is 7.16. The third-order valence-electron chi connectivity index (χ3n) is 4.03. The Hall–Kier alpha value is -2.83. The highest BCUT2D eigenvalue weighted by Crippen LogP contribution is 2.15. The molecule has 4 heterocycles. The molecule has 3 aromatic rings. The number of nitrogens with one attached hydrogen (secondary N) is 1. The number of aryl methyl sites for hydroxylation is 1. The van der Waals surface area contributed by atoms with Gasteiger partial charge in [-0.3, -0.25) is 9.48 Å². The molecular weight excluding hydrogens is 294 g/mol. The Bertz CT molecular complexity index is 802. The molecule has 1 amide bonds. The second-order valence-corrected chi connectivity index (χ2v) is 5.67. The first-order chi connectivity index (χ1) is 11.3. The smallest absolute Gasteiger partial charge is 0.287 e. The first kappa shape index (κ1) is 13.8. The van der Waals surface area contributed by atoms with E-state index in [4.69, 9.17) is 4.42 Å². The fraction of sp³-hybridized carbons (Fsp3) is 0.312. The Labute approximate surface area is 132 Å². The second kappa shape index (κ2) is 5.75. The van der Waals surface area contributed by atoms with Crippen LogP contribution < -0.4 is 5.32 Å². The third-order valence-corrected chi connectivity index (χ3v) is 4.03. The summed E-state index contributed by atoms with van der Waals surface area (Å²) in [5.41, 5.74) is 0. The number of hydrogen-bond acceptors (Lipinski definition) is 4. The van der Waals surface area contributed by atoms with Crippen LogP contribution in [0.15, 0.2) is 47.4 Å². The van der Waals surface area contributed by atoms with E-state index in [0.29, 0.717) is 18.1 Å². The minimum Gasteiger partial charge on any atom is -0.454 e. The molecule has 0 saturated carbocycles. The first-order valence-electron chi connectivity index (χ1n) is 7.65. The lowest BCUT2D eigenvalue weighted by molar-refractivity contribution is 0.0897. The standard InChI is InChI=1S/C16H17N5O2/c22-16(19-12-2-5-15-17-7-9-20(15)10-12)14-4-3-13(23-14)11-21-8-1-6-18-21/h1,3-4,6-9,12H,2,5,10-11H2,(H,19,22)/t12-/m0/s1. The minimum atomic E-state index is -0.176. The molecule has 0 spiro atoms. The SMILES string of the molecule is O=C(N[C@H]1CCc2nccn2C1)c1ccc(Cn2cccn2)o1. The number of fused-ring (bicyclic) bond motifs is 1. The van der Waals surface area contributed by atoms with Crippen LogP contribution in [0.5, 0.6) is 0 Å². The number of carbonyl (C=O) groups is 1. The molecule has 1 aliphatic rings. The average molecular weight is 311 g/mol. The van der Waals surface area contributed by atoms with Gasteiger partial charge >= 0.3 is 0 Å². The van der Waals surface area contributed by atoms with Gasteiger partial charge < -0.3 is 14.3 Å². The lowest BCUT2D eigenvalue weighted by atomic mass is 10.1. The zero-order valence-electron chi connectivity index (χ0n) is 12.6. The van der Waals surface area contributed by atoms with Crippen molar-refractivity contribution in [2.75, 3.05) is 0 Å². The predicted octanol–water partition coefficient (Wildman–Crippen LogP) is 1.47. The minimum absolute atomic E-state index is 0.101. The number of hydrogen-bond donors (Lipinski definition) is 1. The summed E-state index contributed by atoms with van der Waals surface area (Å²) in [7, 11) is 0. The highest BCUT2D eigenvalue weighted by molar-refractivity contribution is 5.91. The van der Waals surface area contributed by atoms with Gasteiger partial charge in [-0.1, -0.05) is 0 Å². The van der Waals surface area contributed by atoms with Gasteiger partial charge in [0.05, 0.1) is 6.54 Å². The molecule has 0 unspecified atom stereocenters. The van der Waals surface area contributed by atoms with Crippen LogP contribution in [0.1, 0.15) is 28.6 Å². The van der Waals surface area contributed by atoms with Crippen LogP contribution in [0.4, 0.5) is 0 Å². The zero-order valence-corrected chi connectivity index (χ0v) is 12.6. The maximum atomic E-state index is 12.3. The van der Waals surface area contributed by atoms with Gasteiger partial charge in [0.1, 0.15) is 11.6 Å². The summed E-state index contributed by atoms with van der Waals surface area (Å²) in [6.07, 6.45) is 9.08. The molecule has 0 aromatic carbocycles. The van der Waals surface area contributed by atoms with E-state index < -0.39 is 0 Å². The van der Waals surface area contributed by atoms with E-state index in [1.165, 1.54) is 0 Å². The van der Waals surface area contributed by atoms with Crippen LogP contribution in [-0.4, -0.2) is 31.3 Å². The number of rotatable bonds is 4. The predicted molar refractivity (Wildman–Crippen MR) is 81.8 cm³/mol. The molecule has 1 N–H and O–H groups in total. The number of furan rings is 1. The molecule has 0 fully saturated rings. The summed E-state index contributed by atoms with van der Waals surface area (Å²) in [6.45, 7) is 1.27. The molecule has 0 bridgehead atoms. The molecule has 118 valence electrons. The van der Waals surface area contributed by atoms with Crippen LogP contribution in [0.3, 0.4) is 0 Å². The van der Waals surface area contributed by atoms with Crippen molar-refractivity contribution in [2.24, 2.45) is 0 Å². The van der Waals surface area contributed by atoms with E-state index >= 15 is 0 Å². The number of amides is 1. The van der Waals surface area contributed by atoms with Crippen molar-refractivity contribution in [3.63, 3.8) is 0 Å². The Morgan fingerprint density at radius 2 is 2.30 bits per heavy atom. The molecular formula is C16H17N5O2. The fourth-order valence-electron chi connectivity index (χ4n) is 2.88. The van der Waals surface area contributed by atoms with Gasteiger partial charge in [-0.2, -0.15) is 5.10 Å². The topological polar surface area (TPSA) is 77.9 Å². The molecule has 0 radical (unpaired) electrons. The van der Waals surface area contributed by atoms with Crippen molar-refractivity contribution in [1.82, 2.24) is 24.6 Å². The number of nitrogens with zero attached hydrogens (tertiary/aromatic N) is 4. The van der Waals surface area contributed by atoms with Gasteiger partial charge in [-0.25, -0.2) is 4.98 Å². The van der Waals surface area contributed by atoms with E-state index in [9.17, 15) is 4.79 Å². The lowest BCUT2D eigenvalue weighted by Gasteiger charge is -2.24. The van der Waals surface area contributed by atoms with Gasteiger partial charge in [0, 0.05) is 43.8 Å². The Balaban J connectivity index is 1.39. The lowest BCUT2D eigenvalue weighted by Crippen LogP contribution is -2.40. The molecule has 7 heteroatoms. The average Bonchev–Trinajstić information content (AvgIpc) is 3.28. The number of carbonyl (C=O) groups excluding carboxylic acids is 1. The monoisotopic (exact) mass is 311 g/mol. The molecule has 23 heavy (non-hydrogen) atoms. The van der Waals surface area contributed by atoms with Crippen LogP contribution in [0.25, 0.3) is 0 Å². The second-order valence-electron chi connectivity index (χ2n) is 5.67. The van der Waals surface area contributed by atoms with Gasteiger partial charge in [-0.15, -0.1) is 0 Å². The van der Waals surface area contributed by atoms with Crippen LogP contribution in [-0.2, 0) is 19.5 Å². The number of imidazole rings is 1. The maximum absolute atomic E-state index is 12.3. The van der Waals surface area contributed by atoms with Crippen molar-refractivity contribution < 1.29 is 9.21 Å². The Morgan fingerprint density at radius 3 is 3.17 bits per heavy atom. The molecule has 0 saturated heterocycles. The van der Waals surface area contributed by atoms with E-state index in [-0.39, 0.29) is 11.9 Å². The molecule has 7 nitrogen and oxygen atoms in total. The highest BCUT2D eigenvalue weighted by atomic mass is 16.4. The van der Waals surface area contributed by atoms with Crippen molar-refractivity contribution in [2.45, 2.75) is 32.0 Å². The number of aromatic nitrogens is 4. The summed E-state index contributed by atoms with van der Waals surface area (Å²) in [6, 6.07) is 5.47. The van der Waals surface area contributed by atoms with Crippen molar-refractivity contribution >= 4 is 5.91 Å². The quantitative estimate of drug-likeness (QED) is 0.791. The highest BCUT2D eigenvalue weighted by Gasteiger charge is 2.22. The van der Waals surface area contributed by atoms with Crippen molar-refractivity contribution in [1.29, 1.82) is 0 Å². The summed E-state index contributed by atoms with van der Waals surface area (Å²) in [4.78, 5) is 16.6. The fourth-order valence-corrected chi connectivity index (χ4v) is 2.88. The normalized spacial score (nSPS) is 17.0. The van der Waals surface area contributed by atoms with Crippen molar-refractivity contribution in [3.05, 3.63) is 60.3 Å². The zero-order chi connectivity index (χ0) is 15.6. The summed E-state index contributed by atoms with van der Waals surface area (Å²) in [5.74, 6) is 1.95. The van der Waals surface area contributed by atoms with Gasteiger partial charge in [-0.05, 0) is 24.6 Å².